The lowest BCUT2D eigenvalue weighted by atomic mass is 9.98. The van der Waals surface area contributed by atoms with Gasteiger partial charge in [-0.25, -0.2) is 4.79 Å². The number of carboxylic acids is 1. The van der Waals surface area contributed by atoms with E-state index in [9.17, 15) is 14.4 Å². The first-order valence-corrected chi connectivity index (χ1v) is 10.5. The maximum Gasteiger partial charge on any atom is 0.407 e. The second-order valence-electron chi connectivity index (χ2n) is 7.98. The largest absolute Gasteiger partial charge is 0.481 e. The van der Waals surface area contributed by atoms with Gasteiger partial charge >= 0.3 is 12.1 Å². The Bertz CT molecular complexity index is 913. The van der Waals surface area contributed by atoms with Crippen molar-refractivity contribution in [3.05, 3.63) is 59.7 Å². The van der Waals surface area contributed by atoms with Gasteiger partial charge in [-0.2, -0.15) is 0 Å². The molecule has 164 valence electrons. The highest BCUT2D eigenvalue weighted by Gasteiger charge is 2.29. The van der Waals surface area contributed by atoms with E-state index in [0.717, 1.165) is 22.3 Å². The quantitative estimate of drug-likeness (QED) is 0.570. The van der Waals surface area contributed by atoms with Crippen LogP contribution in [-0.2, 0) is 14.3 Å². The van der Waals surface area contributed by atoms with Gasteiger partial charge in [-0.1, -0.05) is 48.5 Å². The number of amides is 2. The summed E-state index contributed by atoms with van der Waals surface area (Å²) < 4.78 is 5.49. The van der Waals surface area contributed by atoms with E-state index in [-0.39, 0.29) is 37.3 Å². The molecule has 0 saturated carbocycles. The van der Waals surface area contributed by atoms with Gasteiger partial charge in [-0.05, 0) is 42.5 Å². The minimum absolute atomic E-state index is 0.00496. The number of hydrogen-bond donors (Lipinski definition) is 3. The summed E-state index contributed by atoms with van der Waals surface area (Å²) in [5, 5.41) is 14.1. The zero-order valence-corrected chi connectivity index (χ0v) is 17.8. The molecule has 0 radical (unpaired) electrons. The molecule has 7 heteroatoms. The summed E-state index contributed by atoms with van der Waals surface area (Å²) in [4.78, 5) is 35.0. The van der Waals surface area contributed by atoms with Crippen molar-refractivity contribution in [2.45, 2.75) is 51.1 Å². The summed E-state index contributed by atoms with van der Waals surface area (Å²) in [5.74, 6) is -1.16. The van der Waals surface area contributed by atoms with Gasteiger partial charge in [0.15, 0.2) is 0 Å². The van der Waals surface area contributed by atoms with Gasteiger partial charge in [0.1, 0.15) is 6.61 Å². The van der Waals surface area contributed by atoms with Crippen molar-refractivity contribution in [3.63, 3.8) is 0 Å². The molecule has 0 spiro atoms. The van der Waals surface area contributed by atoms with Gasteiger partial charge in [0, 0.05) is 30.8 Å². The summed E-state index contributed by atoms with van der Waals surface area (Å²) in [5.41, 5.74) is 4.60. The van der Waals surface area contributed by atoms with Crippen LogP contribution in [0.25, 0.3) is 11.1 Å². The van der Waals surface area contributed by atoms with Crippen molar-refractivity contribution < 1.29 is 24.2 Å². The van der Waals surface area contributed by atoms with Crippen LogP contribution >= 0.6 is 0 Å². The monoisotopic (exact) mass is 424 g/mol. The molecule has 0 aliphatic heterocycles. The zero-order valence-electron chi connectivity index (χ0n) is 17.8. The molecular weight excluding hydrogens is 396 g/mol. The maximum atomic E-state index is 12.3. The number of carbonyl (C=O) groups is 3. The predicted octanol–water partition coefficient (Wildman–Crippen LogP) is 3.67. The van der Waals surface area contributed by atoms with E-state index in [2.05, 4.69) is 34.9 Å². The summed E-state index contributed by atoms with van der Waals surface area (Å²) in [6.07, 6.45) is -0.132. The first-order chi connectivity index (χ1) is 14.8. The number of carbonyl (C=O) groups excluding carboxylic acids is 2. The second kappa shape index (κ2) is 10.1. The SMILES string of the molecule is CC(CCC(=O)O)NC(=O)CC(C)NC(=O)OCC1c2ccccc2-c2ccccc21. The van der Waals surface area contributed by atoms with Crippen LogP contribution < -0.4 is 10.6 Å². The molecule has 0 aromatic heterocycles. The van der Waals surface area contributed by atoms with E-state index in [4.69, 9.17) is 9.84 Å². The third kappa shape index (κ3) is 5.84. The van der Waals surface area contributed by atoms with Crippen LogP contribution in [0.2, 0.25) is 0 Å². The van der Waals surface area contributed by atoms with Gasteiger partial charge in [0.25, 0.3) is 0 Å². The average Bonchev–Trinajstić information content (AvgIpc) is 3.04. The molecule has 0 heterocycles. The predicted molar refractivity (Wildman–Crippen MR) is 117 cm³/mol. The minimum atomic E-state index is -0.897. The highest BCUT2D eigenvalue weighted by atomic mass is 16.5. The summed E-state index contributed by atoms with van der Waals surface area (Å²) in [6.45, 7) is 3.69. The van der Waals surface area contributed by atoms with Crippen LogP contribution in [0, 0.1) is 0 Å². The number of benzene rings is 2. The Morgan fingerprint density at radius 1 is 0.935 bits per heavy atom. The molecule has 0 fully saturated rings. The molecule has 2 atom stereocenters. The fourth-order valence-corrected chi connectivity index (χ4v) is 3.92. The number of carboxylic acid groups (broad SMARTS) is 1. The van der Waals surface area contributed by atoms with Crippen molar-refractivity contribution in [1.29, 1.82) is 0 Å². The molecule has 2 unspecified atom stereocenters. The molecule has 1 aliphatic carbocycles. The topological polar surface area (TPSA) is 105 Å². The fraction of sp³-hybridized carbons (Fsp3) is 0.375. The van der Waals surface area contributed by atoms with Crippen LogP contribution in [0.3, 0.4) is 0 Å². The highest BCUT2D eigenvalue weighted by molar-refractivity contribution is 5.79. The standard InChI is InChI=1S/C24H28N2O5/c1-15(11-12-23(28)29)25-22(27)13-16(2)26-24(30)31-14-21-19-9-5-3-7-17(19)18-8-4-6-10-20(18)21/h3-10,15-16,21H,11-14H2,1-2H3,(H,25,27)(H,26,30)(H,28,29). The second-order valence-corrected chi connectivity index (χ2v) is 7.98. The molecule has 2 amide bonds. The highest BCUT2D eigenvalue weighted by Crippen LogP contribution is 2.44. The first-order valence-electron chi connectivity index (χ1n) is 10.5. The smallest absolute Gasteiger partial charge is 0.407 e. The summed E-state index contributed by atoms with van der Waals surface area (Å²) >= 11 is 0. The number of nitrogens with one attached hydrogen (secondary N) is 2. The van der Waals surface area contributed by atoms with Crippen LogP contribution in [-0.4, -0.2) is 41.8 Å². The maximum absolute atomic E-state index is 12.3. The summed E-state index contributed by atoms with van der Waals surface area (Å²) in [7, 11) is 0. The van der Waals surface area contributed by atoms with Crippen molar-refractivity contribution in [2.24, 2.45) is 0 Å². The van der Waals surface area contributed by atoms with E-state index in [1.54, 1.807) is 13.8 Å². The molecule has 0 bridgehead atoms. The van der Waals surface area contributed by atoms with Crippen LogP contribution in [0.1, 0.15) is 50.2 Å². The Hall–Kier alpha value is -3.35. The van der Waals surface area contributed by atoms with Gasteiger partial charge in [-0.15, -0.1) is 0 Å². The number of rotatable bonds is 9. The number of alkyl carbamates (subject to hydrolysis) is 1. The normalized spacial score (nSPS) is 14.1. The molecule has 2 aromatic carbocycles. The van der Waals surface area contributed by atoms with Gasteiger partial charge in [0.2, 0.25) is 5.91 Å². The number of fused-ring (bicyclic) bond motifs is 3. The van der Waals surface area contributed by atoms with Gasteiger partial charge < -0.3 is 20.5 Å². The molecule has 1 aliphatic rings. The minimum Gasteiger partial charge on any atom is -0.481 e. The lowest BCUT2D eigenvalue weighted by Gasteiger charge is -2.18. The van der Waals surface area contributed by atoms with Crippen LogP contribution in [0.15, 0.2) is 48.5 Å². The Balaban J connectivity index is 1.48. The molecule has 3 rings (SSSR count). The molecule has 31 heavy (non-hydrogen) atoms. The fourth-order valence-electron chi connectivity index (χ4n) is 3.92. The molecular formula is C24H28N2O5. The average molecular weight is 424 g/mol. The van der Waals surface area contributed by atoms with E-state index in [0.29, 0.717) is 6.42 Å². The molecule has 3 N–H and O–H groups in total. The Labute approximate surface area is 181 Å². The van der Waals surface area contributed by atoms with Crippen molar-refractivity contribution in [3.8, 4) is 11.1 Å². The molecule has 2 aromatic rings. The van der Waals surface area contributed by atoms with E-state index >= 15 is 0 Å². The third-order valence-electron chi connectivity index (χ3n) is 5.40. The lowest BCUT2D eigenvalue weighted by Crippen LogP contribution is -2.40. The number of ether oxygens (including phenoxy) is 1. The molecule has 0 saturated heterocycles. The Kier molecular flexibility index (Phi) is 7.28. The van der Waals surface area contributed by atoms with Gasteiger partial charge in [-0.3, -0.25) is 9.59 Å². The first kappa shape index (κ1) is 22.3. The Morgan fingerprint density at radius 3 is 2.10 bits per heavy atom. The van der Waals surface area contributed by atoms with Crippen molar-refractivity contribution in [1.82, 2.24) is 10.6 Å². The third-order valence-corrected chi connectivity index (χ3v) is 5.40. The van der Waals surface area contributed by atoms with Crippen molar-refractivity contribution in [2.75, 3.05) is 6.61 Å². The number of hydrogen-bond acceptors (Lipinski definition) is 4. The molecule has 7 nitrogen and oxygen atoms in total. The van der Waals surface area contributed by atoms with E-state index in [1.807, 2.05) is 24.3 Å². The lowest BCUT2D eigenvalue weighted by molar-refractivity contribution is -0.137. The zero-order chi connectivity index (χ0) is 22.4. The van der Waals surface area contributed by atoms with Crippen molar-refractivity contribution >= 4 is 18.0 Å². The summed E-state index contributed by atoms with van der Waals surface area (Å²) in [6, 6.07) is 15.6. The number of aliphatic carboxylic acids is 1. The van der Waals surface area contributed by atoms with E-state index < -0.39 is 18.1 Å². The Morgan fingerprint density at radius 2 is 1.52 bits per heavy atom. The van der Waals surface area contributed by atoms with Crippen LogP contribution in [0.4, 0.5) is 4.79 Å². The van der Waals surface area contributed by atoms with E-state index in [1.165, 1.54) is 0 Å². The van der Waals surface area contributed by atoms with Crippen LogP contribution in [0.5, 0.6) is 0 Å². The van der Waals surface area contributed by atoms with Gasteiger partial charge in [0.05, 0.1) is 0 Å².